The summed E-state index contributed by atoms with van der Waals surface area (Å²) in [5.41, 5.74) is -3.84. The number of benzene rings is 4. The molecule has 0 spiro atoms. The number of halogens is 8. The number of carbonyl (C=O) groups is 2. The van der Waals surface area contributed by atoms with Crippen LogP contribution in [0.2, 0.25) is 0 Å². The van der Waals surface area contributed by atoms with Gasteiger partial charge >= 0.3 is 24.4 Å². The van der Waals surface area contributed by atoms with Gasteiger partial charge in [-0.3, -0.25) is 0 Å². The van der Waals surface area contributed by atoms with Crippen LogP contribution in [0.1, 0.15) is 112 Å². The summed E-state index contributed by atoms with van der Waals surface area (Å²) < 4.78 is 132. The molecule has 2 aliphatic carbocycles. The number of alkyl halides is 6. The maximum atomic E-state index is 15.2. The van der Waals surface area contributed by atoms with Crippen LogP contribution in [0.15, 0.2) is 84.9 Å². The normalized spacial score (nSPS) is 23.5. The molecule has 2 bridgehead atoms. The molecule has 2 saturated heterocycles. The third-order valence-corrected chi connectivity index (χ3v) is 13.4. The molecule has 0 aromatic heterocycles. The zero-order valence-electron chi connectivity index (χ0n) is 38.0. The van der Waals surface area contributed by atoms with Crippen LogP contribution in [0.25, 0.3) is 11.1 Å². The van der Waals surface area contributed by atoms with Crippen molar-refractivity contribution in [3.63, 3.8) is 0 Å². The highest BCUT2D eigenvalue weighted by atomic mass is 19.4. The monoisotopic (exact) mass is 940 g/mol. The molecule has 16 heteroatoms. The van der Waals surface area contributed by atoms with E-state index in [1.807, 2.05) is 0 Å². The molecular formula is C51H56F8N4O4. The van der Waals surface area contributed by atoms with Crippen LogP contribution in [0.3, 0.4) is 0 Å². The first-order valence-electron chi connectivity index (χ1n) is 22.8. The standard InChI is InChI=1S/C51H56F8N4O4/c1-29-18-31-19-30(2)23-49(22-29,24-31)61-47(65)63-27-39(28-63)67-45(33-8-14-37(53)15-9-33)41-17-11-35(21-43(41)51(57,58)59)34-10-16-40(42(20-34)50(54,55)56)44(32-6-12-36(52)13-7-32)66-38-25-62(26-38)46(64)60-48(3,4)5/h6-17,20-21,29-31,38-39,44-45H,18-19,22-28H2,1-5H3,(H,60,64)(H,61,65). The van der Waals surface area contributed by atoms with E-state index in [2.05, 4.69) is 24.5 Å². The van der Waals surface area contributed by atoms with E-state index in [0.717, 1.165) is 80.6 Å². The fraction of sp³-hybridized carbons (Fsp3) is 0.490. The highest BCUT2D eigenvalue weighted by Gasteiger charge is 2.47. The largest absolute Gasteiger partial charge is 0.416 e. The van der Waals surface area contributed by atoms with Crippen molar-refractivity contribution in [1.82, 2.24) is 20.4 Å². The molecule has 4 fully saturated rings. The summed E-state index contributed by atoms with van der Waals surface area (Å²) in [5.74, 6) is 0.227. The maximum Gasteiger partial charge on any atom is 0.416 e. The van der Waals surface area contributed by atoms with Gasteiger partial charge in [0.1, 0.15) is 23.8 Å². The van der Waals surface area contributed by atoms with Crippen LogP contribution in [-0.4, -0.2) is 71.3 Å². The lowest BCUT2D eigenvalue weighted by Crippen LogP contribution is -2.64. The van der Waals surface area contributed by atoms with E-state index in [1.165, 1.54) is 41.3 Å². The van der Waals surface area contributed by atoms with Gasteiger partial charge in [-0.1, -0.05) is 62.4 Å². The average molecular weight is 941 g/mol. The number of urea groups is 2. The zero-order chi connectivity index (χ0) is 48.2. The van der Waals surface area contributed by atoms with Gasteiger partial charge in [-0.25, -0.2) is 18.4 Å². The first-order valence-corrected chi connectivity index (χ1v) is 22.8. The fourth-order valence-electron chi connectivity index (χ4n) is 10.7. The van der Waals surface area contributed by atoms with Gasteiger partial charge in [0.05, 0.1) is 49.5 Å². The molecule has 67 heavy (non-hydrogen) atoms. The van der Waals surface area contributed by atoms with Crippen LogP contribution in [0.5, 0.6) is 0 Å². The van der Waals surface area contributed by atoms with E-state index in [9.17, 15) is 18.4 Å². The number of likely N-dealkylation sites (tertiary alicyclic amines) is 2. The summed E-state index contributed by atoms with van der Waals surface area (Å²) in [6.45, 7) is 10.2. The Hall–Kier alpha value is -5.22. The van der Waals surface area contributed by atoms with Gasteiger partial charge in [0, 0.05) is 11.1 Å². The second kappa shape index (κ2) is 18.4. The maximum absolute atomic E-state index is 15.2. The number of nitrogens with one attached hydrogen (secondary N) is 2. The lowest BCUT2D eigenvalue weighted by molar-refractivity contribution is -0.141. The van der Waals surface area contributed by atoms with Gasteiger partial charge in [0.2, 0.25) is 0 Å². The van der Waals surface area contributed by atoms with Crippen LogP contribution >= 0.6 is 0 Å². The number of ether oxygens (including phenoxy) is 2. The highest BCUT2D eigenvalue weighted by Crippen LogP contribution is 2.48. The van der Waals surface area contributed by atoms with Crippen LogP contribution in [0, 0.1) is 29.4 Å². The minimum Gasteiger partial charge on any atom is -0.362 e. The molecule has 2 N–H and O–H groups in total. The van der Waals surface area contributed by atoms with Crippen molar-refractivity contribution in [3.05, 3.63) is 130 Å². The number of nitrogens with zero attached hydrogens (tertiary/aromatic N) is 2. The fourth-order valence-corrected chi connectivity index (χ4v) is 10.7. The second-order valence-electron chi connectivity index (χ2n) is 20.3. The van der Waals surface area contributed by atoms with E-state index in [1.54, 1.807) is 25.7 Å². The number of hydrogen-bond donors (Lipinski definition) is 2. The molecule has 8 rings (SSSR count). The quantitative estimate of drug-likeness (QED) is 0.155. The van der Waals surface area contributed by atoms with Crippen LogP contribution in [-0.2, 0) is 21.8 Å². The van der Waals surface area contributed by atoms with Crippen molar-refractivity contribution < 1.29 is 54.2 Å². The van der Waals surface area contributed by atoms with E-state index in [-0.39, 0.29) is 77.2 Å². The minimum atomic E-state index is -5.02. The Morgan fingerprint density at radius 2 is 1.01 bits per heavy atom. The Labute approximate surface area is 385 Å². The van der Waals surface area contributed by atoms with Crippen molar-refractivity contribution in [2.45, 2.75) is 115 Å². The van der Waals surface area contributed by atoms with E-state index in [4.69, 9.17) is 9.47 Å². The number of amides is 4. The number of carbonyl (C=O) groups excluding carboxylic acids is 2. The highest BCUT2D eigenvalue weighted by molar-refractivity contribution is 5.76. The Kier molecular flexibility index (Phi) is 13.2. The molecule has 4 aliphatic rings. The first-order chi connectivity index (χ1) is 31.4. The first kappa shape index (κ1) is 48.2. The van der Waals surface area contributed by atoms with Crippen molar-refractivity contribution in [2.24, 2.45) is 17.8 Å². The third kappa shape index (κ3) is 11.1. The lowest BCUT2D eigenvalue weighted by atomic mass is 9.61. The zero-order valence-corrected chi connectivity index (χ0v) is 38.0. The topological polar surface area (TPSA) is 83.1 Å². The summed E-state index contributed by atoms with van der Waals surface area (Å²) in [5, 5.41) is 6.13. The molecule has 2 saturated carbocycles. The molecule has 4 unspecified atom stereocenters. The SMILES string of the molecule is CC1CC2CC(C)CC(NC(=O)N3CC(OC(c4ccc(F)cc4)c4ccc(-c5ccc(C(OC6CN(C(=O)NC(C)(C)C)C6)c6ccc(F)cc6)c(C(F)(F)F)c5)cc4C(F)(F)F)C3)(C1)C2. The molecule has 4 aromatic rings. The Balaban J connectivity index is 1.06. The second-order valence-corrected chi connectivity index (χ2v) is 20.3. The molecular weight excluding hydrogens is 885 g/mol. The molecule has 4 amide bonds. The summed E-state index contributed by atoms with van der Waals surface area (Å²) in [6, 6.07) is 15.3. The van der Waals surface area contributed by atoms with E-state index < -0.39 is 65.1 Å². The molecule has 4 atom stereocenters. The van der Waals surface area contributed by atoms with Gasteiger partial charge in [-0.05, 0) is 140 Å². The van der Waals surface area contributed by atoms with Gasteiger partial charge in [0.25, 0.3) is 0 Å². The van der Waals surface area contributed by atoms with Gasteiger partial charge in [-0.2, -0.15) is 26.3 Å². The smallest absolute Gasteiger partial charge is 0.362 e. The minimum absolute atomic E-state index is 0.0718. The van der Waals surface area contributed by atoms with Gasteiger partial charge < -0.3 is 29.9 Å². The Morgan fingerprint density at radius 3 is 1.40 bits per heavy atom. The van der Waals surface area contributed by atoms with Crippen molar-refractivity contribution in [1.29, 1.82) is 0 Å². The predicted molar refractivity (Wildman–Crippen MR) is 236 cm³/mol. The lowest BCUT2D eigenvalue weighted by Gasteiger charge is -2.51. The van der Waals surface area contributed by atoms with E-state index in [0.29, 0.717) is 17.8 Å². The number of rotatable bonds is 10. The van der Waals surface area contributed by atoms with Crippen molar-refractivity contribution in [3.8, 4) is 11.1 Å². The molecule has 360 valence electrons. The van der Waals surface area contributed by atoms with Gasteiger partial charge in [-0.15, -0.1) is 0 Å². The van der Waals surface area contributed by atoms with Crippen LogP contribution in [0.4, 0.5) is 44.7 Å². The van der Waals surface area contributed by atoms with Crippen LogP contribution < -0.4 is 10.6 Å². The molecule has 4 aromatic carbocycles. The number of hydrogen-bond acceptors (Lipinski definition) is 4. The summed E-state index contributed by atoms with van der Waals surface area (Å²) in [6.07, 6.45) is -9.24. The molecule has 8 nitrogen and oxygen atoms in total. The molecule has 0 radical (unpaired) electrons. The Morgan fingerprint density at radius 1 is 0.612 bits per heavy atom. The summed E-state index contributed by atoms with van der Waals surface area (Å²) >= 11 is 0. The Bertz CT molecular complexity index is 2410. The molecule has 2 aliphatic heterocycles. The average Bonchev–Trinajstić information content (AvgIpc) is 3.18. The number of fused-ring (bicyclic) bond motifs is 2. The van der Waals surface area contributed by atoms with E-state index >= 15 is 26.3 Å². The van der Waals surface area contributed by atoms with Crippen molar-refractivity contribution >= 4 is 12.1 Å². The summed E-state index contributed by atoms with van der Waals surface area (Å²) in [7, 11) is 0. The third-order valence-electron chi connectivity index (χ3n) is 13.4. The predicted octanol–water partition coefficient (Wildman–Crippen LogP) is 12.1. The van der Waals surface area contributed by atoms with Crippen molar-refractivity contribution in [2.75, 3.05) is 26.2 Å². The molecule has 2 heterocycles. The summed E-state index contributed by atoms with van der Waals surface area (Å²) in [4.78, 5) is 29.3. The van der Waals surface area contributed by atoms with Gasteiger partial charge in [0.15, 0.2) is 0 Å².